The third kappa shape index (κ3) is 4.86. The summed E-state index contributed by atoms with van der Waals surface area (Å²) >= 11 is 1.85. The second-order valence-electron chi connectivity index (χ2n) is 13.7. The number of anilines is 3. The number of nitrogens with zero attached hydrogens (tertiary/aromatic N) is 1. The van der Waals surface area contributed by atoms with E-state index in [-0.39, 0.29) is 0 Å². The monoisotopic (exact) mass is 693 g/mol. The number of hydrogen-bond donors (Lipinski definition) is 0. The van der Waals surface area contributed by atoms with Crippen LogP contribution in [0.3, 0.4) is 0 Å². The minimum absolute atomic E-state index is 0.877. The van der Waals surface area contributed by atoms with Gasteiger partial charge < -0.3 is 9.32 Å². The molecule has 2 nitrogen and oxygen atoms in total. The molecule has 53 heavy (non-hydrogen) atoms. The molecule has 0 fully saturated rings. The van der Waals surface area contributed by atoms with Crippen LogP contribution >= 0.6 is 11.3 Å². The van der Waals surface area contributed by atoms with Gasteiger partial charge in [-0.3, -0.25) is 0 Å². The Labute approximate surface area is 310 Å². The van der Waals surface area contributed by atoms with Crippen molar-refractivity contribution in [2.75, 3.05) is 4.90 Å². The Morgan fingerprint density at radius 3 is 1.83 bits per heavy atom. The molecule has 0 bridgehead atoms. The van der Waals surface area contributed by atoms with Crippen LogP contribution in [0.4, 0.5) is 17.1 Å². The van der Waals surface area contributed by atoms with Crippen molar-refractivity contribution in [1.82, 2.24) is 0 Å². The van der Waals surface area contributed by atoms with Crippen LogP contribution in [0.2, 0.25) is 0 Å². The fourth-order valence-corrected chi connectivity index (χ4v) is 9.29. The van der Waals surface area contributed by atoms with Crippen molar-refractivity contribution >= 4 is 92.1 Å². The Bertz CT molecular complexity index is 3170. The summed E-state index contributed by atoms with van der Waals surface area (Å²) in [4.78, 5) is 2.36. The van der Waals surface area contributed by atoms with Gasteiger partial charge in [0.15, 0.2) is 0 Å². The second kappa shape index (κ2) is 11.9. The van der Waals surface area contributed by atoms with E-state index in [4.69, 9.17) is 4.42 Å². The average Bonchev–Trinajstić information content (AvgIpc) is 3.79. The van der Waals surface area contributed by atoms with Gasteiger partial charge in [0.2, 0.25) is 0 Å². The van der Waals surface area contributed by atoms with Gasteiger partial charge in [-0.25, -0.2) is 0 Å². The van der Waals surface area contributed by atoms with Crippen LogP contribution in [-0.4, -0.2) is 0 Å². The lowest BCUT2D eigenvalue weighted by molar-refractivity contribution is 0.669. The first-order valence-electron chi connectivity index (χ1n) is 18.0. The predicted octanol–water partition coefficient (Wildman–Crippen LogP) is 15.1. The zero-order valence-corrected chi connectivity index (χ0v) is 29.5. The van der Waals surface area contributed by atoms with E-state index in [1.165, 1.54) is 64.0 Å². The summed E-state index contributed by atoms with van der Waals surface area (Å²) in [7, 11) is 0. The number of benzene rings is 9. The molecule has 9 aromatic carbocycles. The molecule has 0 unspecified atom stereocenters. The molecule has 0 N–H and O–H groups in total. The maximum Gasteiger partial charge on any atom is 0.137 e. The molecule has 2 heterocycles. The minimum Gasteiger partial charge on any atom is -0.456 e. The molecule has 11 rings (SSSR count). The van der Waals surface area contributed by atoms with Crippen LogP contribution in [0.1, 0.15) is 0 Å². The molecule has 0 atom stereocenters. The Morgan fingerprint density at radius 2 is 1.00 bits per heavy atom. The Balaban J connectivity index is 1.09. The summed E-state index contributed by atoms with van der Waals surface area (Å²) in [5.41, 5.74) is 9.88. The number of rotatable bonds is 5. The molecule has 2 aromatic heterocycles. The summed E-state index contributed by atoms with van der Waals surface area (Å²) in [6, 6.07) is 68.0. The van der Waals surface area contributed by atoms with Crippen molar-refractivity contribution in [2.24, 2.45) is 0 Å². The molecule has 248 valence electrons. The standard InChI is InChI=1S/C50H31NOS/c1-2-10-32(11-3-1)39-17-8-13-35-14-9-18-40(49(35)39)34-20-23-36(24-21-34)51(37-26-29-48-44(30-37)42-16-6-7-19-47(42)53-48)38-25-27-43-46(31-38)52-45-28-22-33-12-4-5-15-41(33)50(43)45/h1-31H. The summed E-state index contributed by atoms with van der Waals surface area (Å²) in [5, 5.41) is 9.77. The highest BCUT2D eigenvalue weighted by Crippen LogP contribution is 2.44. The first kappa shape index (κ1) is 30.0. The third-order valence-corrected chi connectivity index (χ3v) is 11.8. The maximum absolute atomic E-state index is 6.58. The molecule has 0 saturated carbocycles. The first-order chi connectivity index (χ1) is 26.3. The summed E-state index contributed by atoms with van der Waals surface area (Å²) in [5.74, 6) is 0. The molecule has 0 aliphatic carbocycles. The normalized spacial score (nSPS) is 11.8. The highest BCUT2D eigenvalue weighted by atomic mass is 32.1. The van der Waals surface area contributed by atoms with Gasteiger partial charge in [-0.05, 0) is 98.4 Å². The second-order valence-corrected chi connectivity index (χ2v) is 14.8. The van der Waals surface area contributed by atoms with Crippen LogP contribution in [0.5, 0.6) is 0 Å². The summed E-state index contributed by atoms with van der Waals surface area (Å²) in [6.07, 6.45) is 0. The van der Waals surface area contributed by atoms with Gasteiger partial charge in [-0.1, -0.05) is 127 Å². The van der Waals surface area contributed by atoms with Crippen LogP contribution < -0.4 is 4.90 Å². The van der Waals surface area contributed by atoms with Gasteiger partial charge in [0.1, 0.15) is 11.2 Å². The molecule has 11 aromatic rings. The molecule has 0 amide bonds. The average molecular weight is 694 g/mol. The van der Waals surface area contributed by atoms with Crippen LogP contribution in [-0.2, 0) is 0 Å². The fraction of sp³-hybridized carbons (Fsp3) is 0. The minimum atomic E-state index is 0.877. The maximum atomic E-state index is 6.58. The molecule has 0 radical (unpaired) electrons. The van der Waals surface area contributed by atoms with E-state index in [0.717, 1.165) is 39.0 Å². The highest BCUT2D eigenvalue weighted by molar-refractivity contribution is 7.25. The summed E-state index contributed by atoms with van der Waals surface area (Å²) < 4.78 is 9.17. The van der Waals surface area contributed by atoms with Crippen LogP contribution in [0.25, 0.3) is 85.9 Å². The van der Waals surface area contributed by atoms with E-state index in [9.17, 15) is 0 Å². The van der Waals surface area contributed by atoms with Crippen molar-refractivity contribution in [3.63, 3.8) is 0 Å². The van der Waals surface area contributed by atoms with E-state index in [1.54, 1.807) is 0 Å². The first-order valence-corrected chi connectivity index (χ1v) is 18.8. The SMILES string of the molecule is c1ccc(-c2cccc3cccc(-c4ccc(N(c5ccc6c(c5)oc5ccc7ccccc7c56)c5ccc6sc7ccccc7c6c5)cc4)c23)cc1. The number of fused-ring (bicyclic) bond motifs is 9. The highest BCUT2D eigenvalue weighted by Gasteiger charge is 2.19. The van der Waals surface area contributed by atoms with Crippen molar-refractivity contribution < 1.29 is 4.42 Å². The molecule has 0 saturated heterocycles. The lowest BCUT2D eigenvalue weighted by Gasteiger charge is -2.26. The third-order valence-electron chi connectivity index (χ3n) is 10.6. The topological polar surface area (TPSA) is 16.4 Å². The van der Waals surface area contributed by atoms with Crippen LogP contribution in [0.15, 0.2) is 192 Å². The van der Waals surface area contributed by atoms with E-state index >= 15 is 0 Å². The van der Waals surface area contributed by atoms with Crippen LogP contribution in [0, 0.1) is 0 Å². The molecule has 0 aliphatic heterocycles. The lowest BCUT2D eigenvalue weighted by atomic mass is 9.91. The molecule has 0 aliphatic rings. The predicted molar refractivity (Wildman–Crippen MR) is 227 cm³/mol. The smallest absolute Gasteiger partial charge is 0.137 e. The molecular formula is C50H31NOS. The van der Waals surface area contributed by atoms with Gasteiger partial charge in [0.25, 0.3) is 0 Å². The summed E-state index contributed by atoms with van der Waals surface area (Å²) in [6.45, 7) is 0. The number of hydrogen-bond acceptors (Lipinski definition) is 3. The van der Waals surface area contributed by atoms with Gasteiger partial charge in [-0.2, -0.15) is 0 Å². The lowest BCUT2D eigenvalue weighted by Crippen LogP contribution is -2.09. The number of thiophene rings is 1. The zero-order valence-electron chi connectivity index (χ0n) is 28.7. The zero-order chi connectivity index (χ0) is 34.9. The molecular weight excluding hydrogens is 663 g/mol. The fourth-order valence-electron chi connectivity index (χ4n) is 8.20. The van der Waals surface area contributed by atoms with Gasteiger partial charge in [-0.15, -0.1) is 11.3 Å². The van der Waals surface area contributed by atoms with Crippen molar-refractivity contribution in [3.05, 3.63) is 188 Å². The van der Waals surface area contributed by atoms with E-state index in [0.29, 0.717) is 0 Å². The number of furan rings is 1. The Kier molecular flexibility index (Phi) is 6.76. The van der Waals surface area contributed by atoms with Crippen molar-refractivity contribution in [3.8, 4) is 22.3 Å². The van der Waals surface area contributed by atoms with Crippen molar-refractivity contribution in [1.29, 1.82) is 0 Å². The van der Waals surface area contributed by atoms with E-state index in [1.807, 2.05) is 11.3 Å². The Morgan fingerprint density at radius 1 is 0.358 bits per heavy atom. The van der Waals surface area contributed by atoms with Gasteiger partial charge >= 0.3 is 0 Å². The van der Waals surface area contributed by atoms with E-state index < -0.39 is 0 Å². The molecule has 3 heteroatoms. The quantitative estimate of drug-likeness (QED) is 0.178. The van der Waals surface area contributed by atoms with Gasteiger partial charge in [0.05, 0.1) is 0 Å². The molecule has 0 spiro atoms. The van der Waals surface area contributed by atoms with Gasteiger partial charge in [0, 0.05) is 54.1 Å². The largest absolute Gasteiger partial charge is 0.456 e. The Hall–Kier alpha value is -6.68. The van der Waals surface area contributed by atoms with Crippen molar-refractivity contribution in [2.45, 2.75) is 0 Å². The van der Waals surface area contributed by atoms with E-state index in [2.05, 4.69) is 193 Å².